The fourth-order valence-corrected chi connectivity index (χ4v) is 1.96. The highest BCUT2D eigenvalue weighted by atomic mass is 16.5. The van der Waals surface area contributed by atoms with Gasteiger partial charge in [0.05, 0.1) is 12.5 Å². The van der Waals surface area contributed by atoms with E-state index in [9.17, 15) is 4.79 Å². The van der Waals surface area contributed by atoms with Gasteiger partial charge in [0.15, 0.2) is 0 Å². The molecular weight excluding hydrogens is 264 g/mol. The number of hydrogen-bond acceptors (Lipinski definition) is 3. The molecule has 0 aliphatic rings. The highest BCUT2D eigenvalue weighted by Gasteiger charge is 2.21. The molecule has 21 heavy (non-hydrogen) atoms. The molecule has 4 nitrogen and oxygen atoms in total. The van der Waals surface area contributed by atoms with E-state index in [1.54, 1.807) is 0 Å². The molecule has 4 heteroatoms. The Labute approximate surface area is 128 Å². The van der Waals surface area contributed by atoms with E-state index in [1.165, 1.54) is 0 Å². The number of benzene rings is 1. The van der Waals surface area contributed by atoms with Gasteiger partial charge in [-0.3, -0.25) is 4.79 Å². The second-order valence-electron chi connectivity index (χ2n) is 5.81. The van der Waals surface area contributed by atoms with Crippen molar-refractivity contribution >= 4 is 5.91 Å². The van der Waals surface area contributed by atoms with Crippen molar-refractivity contribution in [3.05, 3.63) is 35.9 Å². The maximum Gasteiger partial charge on any atom is 0.224 e. The highest BCUT2D eigenvalue weighted by molar-refractivity contribution is 5.79. The molecular formula is C17H28N2O2. The topological polar surface area (TPSA) is 64.3 Å². The summed E-state index contributed by atoms with van der Waals surface area (Å²) < 4.78 is 5.47. The summed E-state index contributed by atoms with van der Waals surface area (Å²) in [5.41, 5.74) is 7.11. The van der Waals surface area contributed by atoms with Gasteiger partial charge in [-0.15, -0.1) is 0 Å². The molecule has 1 rings (SSSR count). The first-order valence-corrected chi connectivity index (χ1v) is 7.68. The number of nitrogens with one attached hydrogen (secondary N) is 1. The minimum atomic E-state index is -0.284. The molecule has 0 spiro atoms. The number of rotatable bonds is 9. The summed E-state index contributed by atoms with van der Waals surface area (Å²) in [6.45, 7) is 8.00. The van der Waals surface area contributed by atoms with E-state index in [4.69, 9.17) is 10.5 Å². The summed E-state index contributed by atoms with van der Waals surface area (Å²) in [5.74, 6) is 0.352. The molecule has 0 bridgehead atoms. The first-order chi connectivity index (χ1) is 10.0. The largest absolute Gasteiger partial charge is 0.380 e. The van der Waals surface area contributed by atoms with Crippen LogP contribution in [0.25, 0.3) is 0 Å². The van der Waals surface area contributed by atoms with Crippen LogP contribution in [0.15, 0.2) is 30.3 Å². The lowest BCUT2D eigenvalue weighted by molar-refractivity contribution is -0.125. The third-order valence-electron chi connectivity index (χ3n) is 3.52. The van der Waals surface area contributed by atoms with E-state index in [-0.39, 0.29) is 17.9 Å². The van der Waals surface area contributed by atoms with Gasteiger partial charge < -0.3 is 15.8 Å². The Morgan fingerprint density at radius 3 is 2.48 bits per heavy atom. The van der Waals surface area contributed by atoms with E-state index in [1.807, 2.05) is 37.3 Å². The van der Waals surface area contributed by atoms with Crippen LogP contribution in [0.1, 0.15) is 38.8 Å². The number of carbonyl (C=O) groups excluding carboxylic acids is 1. The number of amides is 1. The third kappa shape index (κ3) is 6.74. The van der Waals surface area contributed by atoms with Crippen LogP contribution in [0, 0.1) is 11.8 Å². The summed E-state index contributed by atoms with van der Waals surface area (Å²) in [7, 11) is 0. The molecule has 0 heterocycles. The van der Waals surface area contributed by atoms with Crippen molar-refractivity contribution in [3.8, 4) is 0 Å². The molecule has 0 saturated heterocycles. The normalized spacial score (nSPS) is 14.0. The average molecular weight is 292 g/mol. The zero-order chi connectivity index (χ0) is 15.7. The summed E-state index contributed by atoms with van der Waals surface area (Å²) in [5, 5.41) is 2.88. The molecule has 1 amide bonds. The Hall–Kier alpha value is -1.39. The minimum absolute atomic E-state index is 0.0289. The van der Waals surface area contributed by atoms with Crippen molar-refractivity contribution in [1.82, 2.24) is 5.32 Å². The maximum atomic E-state index is 12.1. The van der Waals surface area contributed by atoms with E-state index in [2.05, 4.69) is 19.2 Å². The maximum absolute atomic E-state index is 12.1. The van der Waals surface area contributed by atoms with Crippen molar-refractivity contribution in [3.63, 3.8) is 0 Å². The SMILES string of the molecule is CC(C)CCOCCNC(=O)C(C)C(N)c1ccccc1. The zero-order valence-electron chi connectivity index (χ0n) is 13.3. The van der Waals surface area contributed by atoms with E-state index < -0.39 is 0 Å². The van der Waals surface area contributed by atoms with Crippen molar-refractivity contribution in [1.29, 1.82) is 0 Å². The van der Waals surface area contributed by atoms with E-state index in [0.717, 1.165) is 18.6 Å². The standard InChI is InChI=1S/C17H28N2O2/c1-13(2)9-11-21-12-10-19-17(20)14(3)16(18)15-7-5-4-6-8-15/h4-8,13-14,16H,9-12,18H2,1-3H3,(H,19,20). The van der Waals surface area contributed by atoms with Crippen LogP contribution in [0.2, 0.25) is 0 Å². The van der Waals surface area contributed by atoms with Crippen molar-refractivity contribution in [2.24, 2.45) is 17.6 Å². The van der Waals surface area contributed by atoms with Crippen molar-refractivity contribution < 1.29 is 9.53 Å². The molecule has 2 atom stereocenters. The van der Waals surface area contributed by atoms with Crippen LogP contribution in [0.5, 0.6) is 0 Å². The van der Waals surface area contributed by atoms with Gasteiger partial charge in [-0.2, -0.15) is 0 Å². The number of ether oxygens (including phenoxy) is 1. The van der Waals surface area contributed by atoms with Gasteiger partial charge in [0, 0.05) is 19.2 Å². The molecule has 1 aromatic carbocycles. The van der Waals surface area contributed by atoms with Crippen LogP contribution >= 0.6 is 0 Å². The zero-order valence-corrected chi connectivity index (χ0v) is 13.3. The lowest BCUT2D eigenvalue weighted by Crippen LogP contribution is -2.37. The monoisotopic (exact) mass is 292 g/mol. The summed E-state index contributed by atoms with van der Waals surface area (Å²) >= 11 is 0. The lowest BCUT2D eigenvalue weighted by Gasteiger charge is -2.19. The van der Waals surface area contributed by atoms with Gasteiger partial charge in [-0.05, 0) is 17.9 Å². The Kier molecular flexibility index (Phi) is 8.01. The molecule has 3 N–H and O–H groups in total. The first kappa shape index (κ1) is 17.7. The van der Waals surface area contributed by atoms with Gasteiger partial charge in [0.2, 0.25) is 5.91 Å². The van der Waals surface area contributed by atoms with Crippen LogP contribution in [0.3, 0.4) is 0 Å². The Balaban J connectivity index is 2.25. The first-order valence-electron chi connectivity index (χ1n) is 7.68. The second-order valence-corrected chi connectivity index (χ2v) is 5.81. The van der Waals surface area contributed by atoms with Crippen LogP contribution in [0.4, 0.5) is 0 Å². The van der Waals surface area contributed by atoms with Crippen molar-refractivity contribution in [2.45, 2.75) is 33.2 Å². The van der Waals surface area contributed by atoms with E-state index >= 15 is 0 Å². The summed E-state index contributed by atoms with van der Waals surface area (Å²) in [4.78, 5) is 12.1. The molecule has 0 saturated carbocycles. The summed E-state index contributed by atoms with van der Waals surface area (Å²) in [6.07, 6.45) is 1.04. The Morgan fingerprint density at radius 1 is 1.19 bits per heavy atom. The smallest absolute Gasteiger partial charge is 0.224 e. The highest BCUT2D eigenvalue weighted by Crippen LogP contribution is 2.18. The number of carbonyl (C=O) groups is 1. The molecule has 118 valence electrons. The Morgan fingerprint density at radius 2 is 1.86 bits per heavy atom. The van der Waals surface area contributed by atoms with Crippen LogP contribution in [-0.2, 0) is 9.53 Å². The predicted molar refractivity (Wildman–Crippen MR) is 85.8 cm³/mol. The van der Waals surface area contributed by atoms with Gasteiger partial charge in [-0.1, -0.05) is 51.1 Å². The fraction of sp³-hybridized carbons (Fsp3) is 0.588. The minimum Gasteiger partial charge on any atom is -0.380 e. The quantitative estimate of drug-likeness (QED) is 0.687. The molecule has 0 radical (unpaired) electrons. The molecule has 2 unspecified atom stereocenters. The summed E-state index contributed by atoms with van der Waals surface area (Å²) in [6, 6.07) is 9.42. The molecule has 0 fully saturated rings. The third-order valence-corrected chi connectivity index (χ3v) is 3.52. The van der Waals surface area contributed by atoms with Gasteiger partial charge >= 0.3 is 0 Å². The Bertz CT molecular complexity index is 407. The second kappa shape index (κ2) is 9.53. The lowest BCUT2D eigenvalue weighted by atomic mass is 9.95. The molecule has 1 aromatic rings. The van der Waals surface area contributed by atoms with Crippen LogP contribution < -0.4 is 11.1 Å². The molecule has 0 aromatic heterocycles. The molecule has 0 aliphatic carbocycles. The van der Waals surface area contributed by atoms with E-state index in [0.29, 0.717) is 19.1 Å². The molecule has 0 aliphatic heterocycles. The van der Waals surface area contributed by atoms with Crippen molar-refractivity contribution in [2.75, 3.05) is 19.8 Å². The number of nitrogens with two attached hydrogens (primary N) is 1. The number of hydrogen-bond donors (Lipinski definition) is 2. The fourth-order valence-electron chi connectivity index (χ4n) is 1.96. The average Bonchev–Trinajstić information content (AvgIpc) is 2.49. The predicted octanol–water partition coefficient (Wildman–Crippen LogP) is 2.50. The van der Waals surface area contributed by atoms with Crippen LogP contribution in [-0.4, -0.2) is 25.7 Å². The van der Waals surface area contributed by atoms with Gasteiger partial charge in [0.1, 0.15) is 0 Å². The van der Waals surface area contributed by atoms with Gasteiger partial charge in [0.25, 0.3) is 0 Å². The van der Waals surface area contributed by atoms with Gasteiger partial charge in [-0.25, -0.2) is 0 Å².